The van der Waals surface area contributed by atoms with E-state index in [1.54, 1.807) is 4.90 Å². The Morgan fingerprint density at radius 2 is 1.76 bits per heavy atom. The summed E-state index contributed by atoms with van der Waals surface area (Å²) in [4.78, 5) is 28.5. The number of aromatic nitrogens is 1. The molecule has 1 fully saturated rings. The minimum absolute atomic E-state index is 0.0224. The fourth-order valence-electron chi connectivity index (χ4n) is 4.07. The molecule has 0 aliphatic carbocycles. The Bertz CT molecular complexity index is 1360. The van der Waals surface area contributed by atoms with E-state index in [1.165, 1.54) is 0 Å². The van der Waals surface area contributed by atoms with E-state index in [4.69, 9.17) is 11.6 Å². The van der Waals surface area contributed by atoms with E-state index in [1.807, 2.05) is 7.05 Å². The molecule has 0 bridgehead atoms. The first-order valence-electron chi connectivity index (χ1n) is 9.99. The van der Waals surface area contributed by atoms with Crippen LogP contribution in [0.25, 0.3) is 21.6 Å². The first-order chi connectivity index (χ1) is 15.6. The van der Waals surface area contributed by atoms with Gasteiger partial charge in [0.2, 0.25) is 5.43 Å². The first-order valence-corrected chi connectivity index (χ1v) is 10.4. The van der Waals surface area contributed by atoms with Crippen molar-refractivity contribution in [1.82, 2.24) is 9.47 Å². The van der Waals surface area contributed by atoms with Gasteiger partial charge in [-0.25, -0.2) is 18.0 Å². The van der Waals surface area contributed by atoms with Crippen LogP contribution in [0.3, 0.4) is 0 Å². The molecular formula is C23H19ClF3N3O3. The molecule has 0 radical (unpaired) electrons. The van der Waals surface area contributed by atoms with Crippen molar-refractivity contribution in [2.24, 2.45) is 0 Å². The lowest BCUT2D eigenvalue weighted by Gasteiger charge is -2.35. The SMILES string of the molecule is C=C(Cl)c1c(N2CCN(C)CC2)c(F)cc2c(=O)c(C(=O)O)cn(-c3ccc(F)cc3F)c12. The molecule has 0 amide bonds. The van der Waals surface area contributed by atoms with E-state index < -0.39 is 34.4 Å². The number of hydrogen-bond acceptors (Lipinski definition) is 4. The number of rotatable bonds is 4. The molecule has 0 saturated carbocycles. The largest absolute Gasteiger partial charge is 0.477 e. The van der Waals surface area contributed by atoms with Crippen molar-refractivity contribution in [3.8, 4) is 5.69 Å². The molecule has 10 heteroatoms. The van der Waals surface area contributed by atoms with E-state index >= 15 is 4.39 Å². The molecule has 3 aromatic rings. The van der Waals surface area contributed by atoms with Crippen LogP contribution < -0.4 is 10.3 Å². The second kappa shape index (κ2) is 8.57. The van der Waals surface area contributed by atoms with Gasteiger partial charge in [-0.2, -0.15) is 0 Å². The fourth-order valence-corrected chi connectivity index (χ4v) is 4.24. The van der Waals surface area contributed by atoms with Gasteiger partial charge in [0, 0.05) is 49.0 Å². The third-order valence-corrected chi connectivity index (χ3v) is 5.89. The third kappa shape index (κ3) is 3.98. The Hall–Kier alpha value is -3.30. The Morgan fingerprint density at radius 3 is 2.33 bits per heavy atom. The predicted octanol–water partition coefficient (Wildman–Crippen LogP) is 4.07. The van der Waals surface area contributed by atoms with Crippen molar-refractivity contribution >= 4 is 39.2 Å². The number of anilines is 1. The lowest BCUT2D eigenvalue weighted by atomic mass is 10.0. The summed E-state index contributed by atoms with van der Waals surface area (Å²) < 4.78 is 44.8. The van der Waals surface area contributed by atoms with Crippen molar-refractivity contribution in [3.63, 3.8) is 0 Å². The lowest BCUT2D eigenvalue weighted by molar-refractivity contribution is 0.0695. The number of piperazine rings is 1. The second-order valence-corrected chi connectivity index (χ2v) is 8.27. The maximum atomic E-state index is 15.4. The molecule has 172 valence electrons. The van der Waals surface area contributed by atoms with Crippen molar-refractivity contribution < 1.29 is 23.1 Å². The molecule has 1 aromatic heterocycles. The highest BCUT2D eigenvalue weighted by atomic mass is 35.5. The maximum absolute atomic E-state index is 15.4. The highest BCUT2D eigenvalue weighted by molar-refractivity contribution is 6.50. The summed E-state index contributed by atoms with van der Waals surface area (Å²) in [5, 5.41) is 9.09. The van der Waals surface area contributed by atoms with Gasteiger partial charge in [-0.15, -0.1) is 0 Å². The van der Waals surface area contributed by atoms with Gasteiger partial charge in [-0.1, -0.05) is 18.2 Å². The summed E-state index contributed by atoms with van der Waals surface area (Å²) >= 11 is 6.30. The van der Waals surface area contributed by atoms with Gasteiger partial charge in [0.1, 0.15) is 23.0 Å². The average molecular weight is 478 g/mol. The topological polar surface area (TPSA) is 65.8 Å². The molecule has 0 spiro atoms. The van der Waals surface area contributed by atoms with E-state index in [0.717, 1.165) is 29.0 Å². The van der Waals surface area contributed by atoms with Gasteiger partial charge in [0.05, 0.1) is 22.3 Å². The number of hydrogen-bond donors (Lipinski definition) is 1. The summed E-state index contributed by atoms with van der Waals surface area (Å²) in [7, 11) is 1.93. The van der Waals surface area contributed by atoms with E-state index in [2.05, 4.69) is 11.5 Å². The molecule has 0 unspecified atom stereocenters. The molecule has 4 rings (SSSR count). The van der Waals surface area contributed by atoms with Crippen LogP contribution in [0.15, 0.2) is 41.8 Å². The predicted molar refractivity (Wildman–Crippen MR) is 121 cm³/mol. The number of carbonyl (C=O) groups is 1. The summed E-state index contributed by atoms with van der Waals surface area (Å²) in [6.45, 7) is 5.92. The molecule has 1 saturated heterocycles. The van der Waals surface area contributed by atoms with Crippen LogP contribution in [-0.4, -0.2) is 53.8 Å². The summed E-state index contributed by atoms with van der Waals surface area (Å²) in [5.41, 5.74) is -1.81. The molecule has 2 aromatic carbocycles. The Labute approximate surface area is 191 Å². The van der Waals surface area contributed by atoms with Crippen molar-refractivity contribution in [3.05, 3.63) is 75.8 Å². The van der Waals surface area contributed by atoms with Gasteiger partial charge < -0.3 is 19.5 Å². The van der Waals surface area contributed by atoms with Gasteiger partial charge in [-0.05, 0) is 25.2 Å². The second-order valence-electron chi connectivity index (χ2n) is 7.82. The molecular weight excluding hydrogens is 459 g/mol. The van der Waals surface area contributed by atoms with Gasteiger partial charge in [0.15, 0.2) is 0 Å². The summed E-state index contributed by atoms with van der Waals surface area (Å²) in [5.74, 6) is -4.21. The maximum Gasteiger partial charge on any atom is 0.341 e. The number of likely N-dealkylation sites (N-methyl/N-ethyl adjacent to an activating group) is 1. The van der Waals surface area contributed by atoms with E-state index in [-0.39, 0.29) is 32.9 Å². The zero-order valence-electron chi connectivity index (χ0n) is 17.5. The van der Waals surface area contributed by atoms with Crippen molar-refractivity contribution in [1.29, 1.82) is 0 Å². The molecule has 6 nitrogen and oxygen atoms in total. The average Bonchev–Trinajstić information content (AvgIpc) is 2.74. The number of fused-ring (bicyclic) bond motifs is 1. The fraction of sp³-hybridized carbons (Fsp3) is 0.217. The molecule has 0 atom stereocenters. The van der Waals surface area contributed by atoms with Crippen LogP contribution >= 0.6 is 11.6 Å². The number of aromatic carboxylic acids is 1. The molecule has 2 heterocycles. The van der Waals surface area contributed by atoms with E-state index in [0.29, 0.717) is 32.2 Å². The minimum Gasteiger partial charge on any atom is -0.477 e. The third-order valence-electron chi connectivity index (χ3n) is 5.70. The standard InChI is InChI=1S/C23H19ClF3N3O3/c1-12(24)19-20-14(10-17(27)21(19)29-7-5-28(2)6-8-29)22(31)15(23(32)33)11-30(20)18-4-3-13(25)9-16(18)26/h3-4,9-11H,1,5-8H2,2H3,(H,32,33). The highest BCUT2D eigenvalue weighted by Gasteiger charge is 2.28. The number of nitrogens with zero attached hydrogens (tertiary/aromatic N) is 3. The molecule has 1 aliphatic rings. The number of pyridine rings is 1. The van der Waals surface area contributed by atoms with Crippen LogP contribution in [-0.2, 0) is 0 Å². The van der Waals surface area contributed by atoms with Crippen LogP contribution in [0.1, 0.15) is 15.9 Å². The lowest BCUT2D eigenvalue weighted by Crippen LogP contribution is -2.45. The van der Waals surface area contributed by atoms with Crippen molar-refractivity contribution in [2.45, 2.75) is 0 Å². The monoisotopic (exact) mass is 477 g/mol. The number of halogens is 4. The molecule has 1 N–H and O–H groups in total. The van der Waals surface area contributed by atoms with Crippen LogP contribution in [0.4, 0.5) is 18.9 Å². The highest BCUT2D eigenvalue weighted by Crippen LogP contribution is 2.38. The van der Waals surface area contributed by atoms with Crippen LogP contribution in [0.2, 0.25) is 0 Å². The zero-order chi connectivity index (χ0) is 24.0. The normalized spacial score (nSPS) is 14.6. The van der Waals surface area contributed by atoms with Gasteiger partial charge in [0.25, 0.3) is 0 Å². The van der Waals surface area contributed by atoms with Crippen LogP contribution in [0, 0.1) is 17.5 Å². The summed E-state index contributed by atoms with van der Waals surface area (Å²) in [6, 6.07) is 3.64. The first kappa shape index (κ1) is 22.9. The number of benzene rings is 2. The van der Waals surface area contributed by atoms with Gasteiger partial charge in [-0.3, -0.25) is 4.79 Å². The Kier molecular flexibility index (Phi) is 5.94. The van der Waals surface area contributed by atoms with Gasteiger partial charge >= 0.3 is 5.97 Å². The van der Waals surface area contributed by atoms with Crippen molar-refractivity contribution in [2.75, 3.05) is 38.1 Å². The zero-order valence-corrected chi connectivity index (χ0v) is 18.3. The van der Waals surface area contributed by atoms with E-state index in [9.17, 15) is 23.5 Å². The molecule has 1 aliphatic heterocycles. The minimum atomic E-state index is -1.58. The Morgan fingerprint density at radius 1 is 1.09 bits per heavy atom. The number of carboxylic acids is 1. The quantitative estimate of drug-likeness (QED) is 0.613. The summed E-state index contributed by atoms with van der Waals surface area (Å²) in [6.07, 6.45) is 0.929. The number of carboxylic acid groups (broad SMARTS) is 1. The molecule has 33 heavy (non-hydrogen) atoms. The Balaban J connectivity index is 2.16. The van der Waals surface area contributed by atoms with Crippen LogP contribution in [0.5, 0.6) is 0 Å². The smallest absolute Gasteiger partial charge is 0.341 e.